The molecule has 7 heteroatoms. The van der Waals surface area contributed by atoms with Gasteiger partial charge in [0.05, 0.1) is 0 Å². The molecule has 0 amide bonds. The zero-order chi connectivity index (χ0) is 11.5. The van der Waals surface area contributed by atoms with Crippen LogP contribution in [-0.2, 0) is 19.6 Å². The molecule has 1 rings (SSSR count). The van der Waals surface area contributed by atoms with Crippen LogP contribution in [0.5, 0.6) is 0 Å². The lowest BCUT2D eigenvalue weighted by Gasteiger charge is -2.23. The molecule has 1 unspecified atom stereocenters. The third-order valence-electron chi connectivity index (χ3n) is 2.37. The van der Waals surface area contributed by atoms with Crippen LogP contribution in [0.4, 0.5) is 0 Å². The van der Waals surface area contributed by atoms with Gasteiger partial charge in [-0.3, -0.25) is 4.79 Å². The molecule has 0 spiro atoms. The van der Waals surface area contributed by atoms with Gasteiger partial charge in [0.1, 0.15) is 0 Å². The third-order valence-corrected chi connectivity index (χ3v) is 4.16. The van der Waals surface area contributed by atoms with E-state index in [0.29, 0.717) is 26.1 Å². The molecular weight excluding hydrogens is 222 g/mol. The summed E-state index contributed by atoms with van der Waals surface area (Å²) < 4.78 is 30.5. The predicted molar refractivity (Wildman–Crippen MR) is 53.0 cm³/mol. The van der Waals surface area contributed by atoms with Crippen molar-refractivity contribution < 1.29 is 23.1 Å². The van der Waals surface area contributed by atoms with Crippen molar-refractivity contribution >= 4 is 16.0 Å². The van der Waals surface area contributed by atoms with Crippen LogP contribution in [-0.4, -0.2) is 44.0 Å². The van der Waals surface area contributed by atoms with E-state index in [4.69, 9.17) is 9.84 Å². The number of rotatable bonds is 4. The first-order valence-corrected chi connectivity index (χ1v) is 6.30. The standard InChI is InChI=1S/C8H15NO5S/c1-6(8(10)11)15(12,13)9-7-2-4-14-5-3-7/h6-7,9H,2-5H2,1H3,(H,10,11). The predicted octanol–water partition coefficient (Wildman–Crippen LogP) is -0.442. The number of hydrogen-bond donors (Lipinski definition) is 2. The van der Waals surface area contributed by atoms with Crippen molar-refractivity contribution in [3.63, 3.8) is 0 Å². The van der Waals surface area contributed by atoms with E-state index in [9.17, 15) is 13.2 Å². The molecule has 0 aromatic carbocycles. The molecule has 6 nitrogen and oxygen atoms in total. The Morgan fingerprint density at radius 1 is 1.47 bits per heavy atom. The zero-order valence-electron chi connectivity index (χ0n) is 8.47. The van der Waals surface area contributed by atoms with E-state index in [1.54, 1.807) is 0 Å². The van der Waals surface area contributed by atoms with E-state index in [-0.39, 0.29) is 6.04 Å². The number of hydrogen-bond acceptors (Lipinski definition) is 4. The van der Waals surface area contributed by atoms with Crippen LogP contribution >= 0.6 is 0 Å². The Labute approximate surface area is 88.7 Å². The molecule has 1 saturated heterocycles. The van der Waals surface area contributed by atoms with Gasteiger partial charge < -0.3 is 9.84 Å². The number of ether oxygens (including phenoxy) is 1. The summed E-state index contributed by atoms with van der Waals surface area (Å²) in [5.41, 5.74) is 0. The van der Waals surface area contributed by atoms with Crippen molar-refractivity contribution in [2.45, 2.75) is 31.1 Å². The lowest BCUT2D eigenvalue weighted by atomic mass is 10.1. The minimum Gasteiger partial charge on any atom is -0.480 e. The number of nitrogens with one attached hydrogen (secondary N) is 1. The first-order valence-electron chi connectivity index (χ1n) is 4.75. The lowest BCUT2D eigenvalue weighted by molar-refractivity contribution is -0.136. The van der Waals surface area contributed by atoms with Gasteiger partial charge in [0.2, 0.25) is 10.0 Å². The smallest absolute Gasteiger partial charge is 0.323 e. The highest BCUT2D eigenvalue weighted by atomic mass is 32.2. The zero-order valence-corrected chi connectivity index (χ0v) is 9.29. The summed E-state index contributed by atoms with van der Waals surface area (Å²) in [5.74, 6) is -1.34. The average molecular weight is 237 g/mol. The molecule has 0 aromatic heterocycles. The molecular formula is C8H15NO5S. The Morgan fingerprint density at radius 2 is 2.00 bits per heavy atom. The van der Waals surface area contributed by atoms with Crippen molar-refractivity contribution in [3.8, 4) is 0 Å². The van der Waals surface area contributed by atoms with Crippen molar-refractivity contribution in [1.82, 2.24) is 4.72 Å². The summed E-state index contributed by atoms with van der Waals surface area (Å²) in [7, 11) is -3.76. The van der Waals surface area contributed by atoms with Crippen LogP contribution in [0.3, 0.4) is 0 Å². The van der Waals surface area contributed by atoms with Gasteiger partial charge in [0.25, 0.3) is 0 Å². The number of carbonyl (C=O) groups is 1. The van der Waals surface area contributed by atoms with Gasteiger partial charge in [-0.05, 0) is 19.8 Å². The topological polar surface area (TPSA) is 92.7 Å². The van der Waals surface area contributed by atoms with Gasteiger partial charge in [0.15, 0.2) is 5.25 Å². The summed E-state index contributed by atoms with van der Waals surface area (Å²) >= 11 is 0. The van der Waals surface area contributed by atoms with E-state index in [1.807, 2.05) is 0 Å². The van der Waals surface area contributed by atoms with Crippen LogP contribution in [0, 0.1) is 0 Å². The highest BCUT2D eigenvalue weighted by Crippen LogP contribution is 2.09. The second-order valence-electron chi connectivity index (χ2n) is 3.53. The fourth-order valence-corrected chi connectivity index (χ4v) is 2.45. The minimum absolute atomic E-state index is 0.203. The van der Waals surface area contributed by atoms with E-state index >= 15 is 0 Å². The highest BCUT2D eigenvalue weighted by molar-refractivity contribution is 7.90. The number of sulfonamides is 1. The lowest BCUT2D eigenvalue weighted by Crippen LogP contribution is -2.45. The van der Waals surface area contributed by atoms with Gasteiger partial charge in [0, 0.05) is 19.3 Å². The molecule has 1 fully saturated rings. The summed E-state index contributed by atoms with van der Waals surface area (Å²) in [4.78, 5) is 10.5. The molecule has 0 radical (unpaired) electrons. The van der Waals surface area contributed by atoms with Crippen molar-refractivity contribution in [1.29, 1.82) is 0 Å². The Morgan fingerprint density at radius 3 is 2.47 bits per heavy atom. The molecule has 0 aliphatic carbocycles. The fourth-order valence-electron chi connectivity index (χ4n) is 1.28. The monoisotopic (exact) mass is 237 g/mol. The minimum atomic E-state index is -3.76. The largest absolute Gasteiger partial charge is 0.480 e. The molecule has 0 saturated carbocycles. The molecule has 1 atom stereocenters. The van der Waals surface area contributed by atoms with Gasteiger partial charge in [-0.2, -0.15) is 0 Å². The first-order chi connectivity index (χ1) is 6.93. The Kier molecular flexibility index (Phi) is 4.06. The molecule has 0 aromatic rings. The summed E-state index contributed by atoms with van der Waals surface area (Å²) in [6.45, 7) is 2.17. The maximum atomic E-state index is 11.5. The fraction of sp³-hybridized carbons (Fsp3) is 0.875. The second kappa shape index (κ2) is 4.91. The molecule has 1 heterocycles. The Hall–Kier alpha value is -0.660. The van der Waals surface area contributed by atoms with Crippen molar-refractivity contribution in [2.24, 2.45) is 0 Å². The van der Waals surface area contributed by atoms with E-state index in [2.05, 4.69) is 4.72 Å². The first kappa shape index (κ1) is 12.4. The SMILES string of the molecule is CC(C(=O)O)S(=O)(=O)NC1CCOCC1. The average Bonchev–Trinajstić information content (AvgIpc) is 2.17. The summed E-state index contributed by atoms with van der Waals surface area (Å²) in [6, 6.07) is -0.203. The number of aliphatic carboxylic acids is 1. The van der Waals surface area contributed by atoms with Gasteiger partial charge in [-0.25, -0.2) is 13.1 Å². The molecule has 2 N–H and O–H groups in total. The summed E-state index contributed by atoms with van der Waals surface area (Å²) in [5, 5.41) is 7.19. The number of carboxylic acids is 1. The quantitative estimate of drug-likeness (QED) is 0.691. The van der Waals surface area contributed by atoms with E-state index in [0.717, 1.165) is 6.92 Å². The maximum Gasteiger partial charge on any atom is 0.323 e. The summed E-state index contributed by atoms with van der Waals surface area (Å²) in [6.07, 6.45) is 1.18. The normalized spacial score (nSPS) is 21.1. The third kappa shape index (κ3) is 3.44. The molecule has 88 valence electrons. The van der Waals surface area contributed by atoms with Gasteiger partial charge >= 0.3 is 5.97 Å². The van der Waals surface area contributed by atoms with Crippen LogP contribution < -0.4 is 4.72 Å². The van der Waals surface area contributed by atoms with Gasteiger partial charge in [-0.1, -0.05) is 0 Å². The highest BCUT2D eigenvalue weighted by Gasteiger charge is 2.30. The number of carboxylic acid groups (broad SMARTS) is 1. The Balaban J connectivity index is 2.58. The molecule has 1 aliphatic rings. The van der Waals surface area contributed by atoms with Gasteiger partial charge in [-0.15, -0.1) is 0 Å². The van der Waals surface area contributed by atoms with Crippen molar-refractivity contribution in [2.75, 3.05) is 13.2 Å². The Bertz CT molecular complexity index is 320. The van der Waals surface area contributed by atoms with Crippen LogP contribution in [0.2, 0.25) is 0 Å². The maximum absolute atomic E-state index is 11.5. The van der Waals surface area contributed by atoms with E-state index in [1.165, 1.54) is 0 Å². The van der Waals surface area contributed by atoms with Crippen LogP contribution in [0.1, 0.15) is 19.8 Å². The van der Waals surface area contributed by atoms with Crippen LogP contribution in [0.25, 0.3) is 0 Å². The molecule has 1 aliphatic heterocycles. The second-order valence-corrected chi connectivity index (χ2v) is 5.56. The van der Waals surface area contributed by atoms with E-state index < -0.39 is 21.2 Å². The molecule has 15 heavy (non-hydrogen) atoms. The van der Waals surface area contributed by atoms with Crippen LogP contribution in [0.15, 0.2) is 0 Å². The van der Waals surface area contributed by atoms with Crippen molar-refractivity contribution in [3.05, 3.63) is 0 Å². The molecule has 0 bridgehead atoms.